The largest absolute Gasteiger partial charge is 0.455 e. The maximum Gasteiger partial charge on any atom is 0.306 e. The van der Waals surface area contributed by atoms with Crippen LogP contribution in [-0.2, 0) is 14.3 Å². The summed E-state index contributed by atoms with van der Waals surface area (Å²) >= 11 is 0. The molecule has 0 unspecified atom stereocenters. The Morgan fingerprint density at radius 2 is 1.76 bits per heavy atom. The SMILES string of the molecule is CCN(CC)c1ccc(C(=O)NNC(=O)COC(=O)C[C@@H]2C[C@@H]3CC[C@@H]2C3)cc1. The Morgan fingerprint density at radius 1 is 1.03 bits per heavy atom. The standard InChI is InChI=1S/C22H31N3O4/c1-3-25(4-2)19-9-7-16(8-10-19)22(28)24-23-20(26)14-29-21(27)13-18-12-15-5-6-17(18)11-15/h7-10,15,17-18H,3-6,11-14H2,1-2H3,(H,23,26)(H,24,28)/t15-,17-,18+/m1/s1. The van der Waals surface area contributed by atoms with Crippen molar-refractivity contribution in [2.75, 3.05) is 24.6 Å². The van der Waals surface area contributed by atoms with Gasteiger partial charge in [-0.15, -0.1) is 0 Å². The number of hydrogen-bond donors (Lipinski definition) is 2. The van der Waals surface area contributed by atoms with Crippen molar-refractivity contribution >= 4 is 23.5 Å². The molecular formula is C22H31N3O4. The zero-order valence-electron chi connectivity index (χ0n) is 17.3. The van der Waals surface area contributed by atoms with Crippen molar-refractivity contribution in [2.24, 2.45) is 17.8 Å². The first-order valence-corrected chi connectivity index (χ1v) is 10.6. The highest BCUT2D eigenvalue weighted by molar-refractivity contribution is 5.95. The highest BCUT2D eigenvalue weighted by Crippen LogP contribution is 2.49. The molecule has 0 saturated heterocycles. The van der Waals surface area contributed by atoms with E-state index in [1.807, 2.05) is 12.1 Å². The van der Waals surface area contributed by atoms with Crippen LogP contribution >= 0.6 is 0 Å². The van der Waals surface area contributed by atoms with E-state index < -0.39 is 11.8 Å². The maximum absolute atomic E-state index is 12.2. The summed E-state index contributed by atoms with van der Waals surface area (Å²) in [5.41, 5.74) is 6.12. The molecule has 0 aliphatic heterocycles. The third-order valence-electron chi connectivity index (χ3n) is 6.25. The van der Waals surface area contributed by atoms with Gasteiger partial charge in [-0.1, -0.05) is 6.42 Å². The number of nitrogens with one attached hydrogen (secondary N) is 2. The lowest BCUT2D eigenvalue weighted by Crippen LogP contribution is -2.43. The van der Waals surface area contributed by atoms with Crippen molar-refractivity contribution in [3.05, 3.63) is 29.8 Å². The van der Waals surface area contributed by atoms with Crippen molar-refractivity contribution in [3.8, 4) is 0 Å². The summed E-state index contributed by atoms with van der Waals surface area (Å²) in [6, 6.07) is 7.18. The Kier molecular flexibility index (Phi) is 7.12. The van der Waals surface area contributed by atoms with Crippen LogP contribution in [-0.4, -0.2) is 37.5 Å². The van der Waals surface area contributed by atoms with Gasteiger partial charge in [0.15, 0.2) is 6.61 Å². The molecule has 7 heteroatoms. The minimum Gasteiger partial charge on any atom is -0.455 e. The number of amides is 2. The van der Waals surface area contributed by atoms with Gasteiger partial charge in [-0.2, -0.15) is 0 Å². The molecule has 2 N–H and O–H groups in total. The molecule has 2 aliphatic rings. The minimum absolute atomic E-state index is 0.337. The molecule has 3 rings (SSSR count). The Hall–Kier alpha value is -2.57. The summed E-state index contributed by atoms with van der Waals surface area (Å²) in [7, 11) is 0. The number of anilines is 1. The van der Waals surface area contributed by atoms with E-state index in [1.165, 1.54) is 19.3 Å². The van der Waals surface area contributed by atoms with Crippen molar-refractivity contribution in [3.63, 3.8) is 0 Å². The van der Waals surface area contributed by atoms with Crippen LogP contribution in [0.2, 0.25) is 0 Å². The predicted molar refractivity (Wildman–Crippen MR) is 110 cm³/mol. The van der Waals surface area contributed by atoms with E-state index in [1.54, 1.807) is 12.1 Å². The monoisotopic (exact) mass is 401 g/mol. The second-order valence-corrected chi connectivity index (χ2v) is 8.02. The quantitative estimate of drug-likeness (QED) is 0.517. The van der Waals surface area contributed by atoms with E-state index in [0.29, 0.717) is 23.8 Å². The number of carbonyl (C=O) groups excluding carboxylic acids is 3. The number of hydrazine groups is 1. The van der Waals surface area contributed by atoms with Crippen molar-refractivity contribution in [2.45, 2.75) is 46.0 Å². The van der Waals surface area contributed by atoms with Gasteiger partial charge in [0.1, 0.15) is 0 Å². The molecule has 2 fully saturated rings. The molecule has 3 atom stereocenters. The van der Waals surface area contributed by atoms with Crippen LogP contribution in [0.25, 0.3) is 0 Å². The summed E-state index contributed by atoms with van der Waals surface area (Å²) < 4.78 is 5.07. The van der Waals surface area contributed by atoms with Crippen molar-refractivity contribution in [1.29, 1.82) is 0 Å². The average molecular weight is 402 g/mol. The summed E-state index contributed by atoms with van der Waals surface area (Å²) in [5.74, 6) is 0.516. The normalized spacial score (nSPS) is 22.2. The van der Waals surface area contributed by atoms with Crippen LogP contribution in [0.1, 0.15) is 56.3 Å². The fraction of sp³-hybridized carbons (Fsp3) is 0.591. The molecule has 7 nitrogen and oxygen atoms in total. The number of carbonyl (C=O) groups is 3. The molecule has 0 radical (unpaired) electrons. The summed E-state index contributed by atoms with van der Waals surface area (Å²) in [6.07, 6.45) is 5.23. The Balaban J connectivity index is 1.36. The lowest BCUT2D eigenvalue weighted by molar-refractivity contribution is -0.150. The number of benzene rings is 1. The zero-order valence-corrected chi connectivity index (χ0v) is 17.3. The lowest BCUT2D eigenvalue weighted by atomic mass is 9.86. The zero-order chi connectivity index (χ0) is 20.8. The molecule has 1 aromatic carbocycles. The van der Waals surface area contributed by atoms with Crippen LogP contribution in [0.4, 0.5) is 5.69 Å². The van der Waals surface area contributed by atoms with Crippen LogP contribution in [0.15, 0.2) is 24.3 Å². The van der Waals surface area contributed by atoms with Crippen molar-refractivity contribution in [1.82, 2.24) is 10.9 Å². The molecule has 0 heterocycles. The third-order valence-corrected chi connectivity index (χ3v) is 6.25. The van der Waals surface area contributed by atoms with Crippen molar-refractivity contribution < 1.29 is 19.1 Å². The first-order chi connectivity index (χ1) is 14.0. The molecule has 2 saturated carbocycles. The minimum atomic E-state index is -0.556. The fourth-order valence-corrected chi connectivity index (χ4v) is 4.69. The Bertz CT molecular complexity index is 730. The predicted octanol–water partition coefficient (Wildman–Crippen LogP) is 2.66. The fourth-order valence-electron chi connectivity index (χ4n) is 4.69. The van der Waals surface area contributed by atoms with Gasteiger partial charge in [-0.25, -0.2) is 0 Å². The van der Waals surface area contributed by atoms with Gasteiger partial charge in [-0.3, -0.25) is 25.2 Å². The second-order valence-electron chi connectivity index (χ2n) is 8.02. The highest BCUT2D eigenvalue weighted by Gasteiger charge is 2.40. The van der Waals surface area contributed by atoms with Crippen LogP contribution in [0.5, 0.6) is 0 Å². The summed E-state index contributed by atoms with van der Waals surface area (Å²) in [4.78, 5) is 38.2. The molecule has 1 aromatic rings. The van der Waals surface area contributed by atoms with E-state index in [4.69, 9.17) is 4.74 Å². The number of esters is 1. The first-order valence-electron chi connectivity index (χ1n) is 10.6. The van der Waals surface area contributed by atoms with E-state index in [-0.39, 0.29) is 12.6 Å². The van der Waals surface area contributed by atoms with E-state index >= 15 is 0 Å². The van der Waals surface area contributed by atoms with Gasteiger partial charge >= 0.3 is 5.97 Å². The smallest absolute Gasteiger partial charge is 0.306 e. The first kappa shape index (κ1) is 21.1. The second kappa shape index (κ2) is 9.76. The number of fused-ring (bicyclic) bond motifs is 2. The van der Waals surface area contributed by atoms with Gasteiger partial charge in [0.2, 0.25) is 0 Å². The highest BCUT2D eigenvalue weighted by atomic mass is 16.5. The summed E-state index contributed by atoms with van der Waals surface area (Å²) in [6.45, 7) is 5.53. The molecule has 2 aliphatic carbocycles. The molecular weight excluding hydrogens is 370 g/mol. The van der Waals surface area contributed by atoms with Gasteiger partial charge in [0.05, 0.1) is 0 Å². The summed E-state index contributed by atoms with van der Waals surface area (Å²) in [5, 5.41) is 0. The molecule has 0 spiro atoms. The van der Waals surface area contributed by atoms with Gasteiger partial charge < -0.3 is 9.64 Å². The molecule has 29 heavy (non-hydrogen) atoms. The molecule has 0 aromatic heterocycles. The topological polar surface area (TPSA) is 87.7 Å². The number of ether oxygens (including phenoxy) is 1. The lowest BCUT2D eigenvalue weighted by Gasteiger charge is -2.21. The average Bonchev–Trinajstić information content (AvgIpc) is 3.35. The Morgan fingerprint density at radius 3 is 2.34 bits per heavy atom. The third kappa shape index (κ3) is 5.49. The van der Waals surface area contributed by atoms with Crippen LogP contribution in [0, 0.1) is 17.8 Å². The Labute approximate surface area is 172 Å². The van der Waals surface area contributed by atoms with Gasteiger partial charge in [0, 0.05) is 30.8 Å². The number of hydrogen-bond acceptors (Lipinski definition) is 5. The number of rotatable bonds is 8. The van der Waals surface area contributed by atoms with E-state index in [2.05, 4.69) is 29.6 Å². The van der Waals surface area contributed by atoms with Crippen LogP contribution in [0.3, 0.4) is 0 Å². The molecule has 2 amide bonds. The van der Waals surface area contributed by atoms with Crippen LogP contribution < -0.4 is 15.8 Å². The maximum atomic E-state index is 12.2. The van der Waals surface area contributed by atoms with Gasteiger partial charge in [0.25, 0.3) is 11.8 Å². The van der Waals surface area contributed by atoms with E-state index in [0.717, 1.165) is 31.1 Å². The van der Waals surface area contributed by atoms with Gasteiger partial charge in [-0.05, 0) is 75.1 Å². The molecule has 158 valence electrons. The number of nitrogens with zero attached hydrogens (tertiary/aromatic N) is 1. The molecule has 2 bridgehead atoms. The van der Waals surface area contributed by atoms with E-state index in [9.17, 15) is 14.4 Å².